The van der Waals surface area contributed by atoms with E-state index in [2.05, 4.69) is 9.71 Å². The van der Waals surface area contributed by atoms with Crippen LogP contribution in [-0.4, -0.2) is 13.4 Å². The number of aryl methyl sites for hydroxylation is 1. The average molecular weight is 298 g/mol. The second-order valence-corrected chi connectivity index (χ2v) is 6.10. The van der Waals surface area contributed by atoms with Crippen molar-refractivity contribution in [1.82, 2.24) is 4.98 Å². The summed E-state index contributed by atoms with van der Waals surface area (Å²) in [7, 11) is -3.75. The number of pyridine rings is 1. The normalized spacial score (nSPS) is 11.3. The van der Waals surface area contributed by atoms with Crippen LogP contribution in [0.5, 0.6) is 0 Å². The van der Waals surface area contributed by atoms with E-state index >= 15 is 0 Å². The lowest BCUT2D eigenvalue weighted by molar-refractivity contribution is 0.601. The molecule has 0 amide bonds. The van der Waals surface area contributed by atoms with Gasteiger partial charge in [0.1, 0.15) is 10.7 Å². The lowest BCUT2D eigenvalue weighted by Crippen LogP contribution is -2.15. The van der Waals surface area contributed by atoms with Crippen LogP contribution in [0.25, 0.3) is 0 Å². The van der Waals surface area contributed by atoms with E-state index in [1.807, 2.05) is 6.92 Å². The number of rotatable bonds is 3. The van der Waals surface area contributed by atoms with Crippen molar-refractivity contribution in [1.29, 1.82) is 0 Å². The van der Waals surface area contributed by atoms with Crippen LogP contribution in [0, 0.1) is 6.92 Å². The molecule has 0 atom stereocenters. The number of anilines is 2. The molecule has 3 N–H and O–H groups in total. The first-order valence-corrected chi connectivity index (χ1v) is 7.25. The van der Waals surface area contributed by atoms with Crippen molar-refractivity contribution >= 4 is 33.1 Å². The second kappa shape index (κ2) is 5.07. The van der Waals surface area contributed by atoms with E-state index in [9.17, 15) is 8.42 Å². The van der Waals surface area contributed by atoms with Gasteiger partial charge in [0.2, 0.25) is 0 Å². The average Bonchev–Trinajstić information content (AvgIpc) is 2.31. The number of sulfonamides is 1. The number of hydrogen-bond donors (Lipinski definition) is 2. The van der Waals surface area contributed by atoms with E-state index in [1.165, 1.54) is 18.3 Å². The summed E-state index contributed by atoms with van der Waals surface area (Å²) in [5.74, 6) is 0.185. The highest BCUT2D eigenvalue weighted by molar-refractivity contribution is 7.92. The minimum atomic E-state index is -3.75. The Bertz CT molecular complexity index is 699. The summed E-state index contributed by atoms with van der Waals surface area (Å²) in [5.41, 5.74) is 6.81. The lowest BCUT2D eigenvalue weighted by Gasteiger charge is -2.10. The molecule has 0 radical (unpaired) electrons. The molecule has 5 nitrogen and oxygen atoms in total. The third-order valence-electron chi connectivity index (χ3n) is 2.42. The van der Waals surface area contributed by atoms with E-state index in [-0.39, 0.29) is 16.4 Å². The minimum Gasteiger partial charge on any atom is -0.398 e. The Morgan fingerprint density at radius 1 is 1.26 bits per heavy atom. The molecule has 0 aliphatic carbocycles. The molecule has 1 aromatic carbocycles. The predicted octanol–water partition coefficient (Wildman–Crippen LogP) is 2.43. The molecule has 2 rings (SSSR count). The molecule has 0 unspecified atom stereocenters. The van der Waals surface area contributed by atoms with Crippen molar-refractivity contribution in [3.05, 3.63) is 47.1 Å². The van der Waals surface area contributed by atoms with Gasteiger partial charge in [-0.25, -0.2) is 13.4 Å². The van der Waals surface area contributed by atoms with Gasteiger partial charge in [0, 0.05) is 6.20 Å². The van der Waals surface area contributed by atoms with Gasteiger partial charge >= 0.3 is 0 Å². The minimum absolute atomic E-state index is 0.0230. The Balaban J connectivity index is 2.35. The van der Waals surface area contributed by atoms with Crippen LogP contribution in [-0.2, 0) is 10.0 Å². The summed E-state index contributed by atoms with van der Waals surface area (Å²) in [6, 6.07) is 7.77. The molecule has 19 heavy (non-hydrogen) atoms. The molecule has 1 aromatic heterocycles. The molecule has 0 aliphatic heterocycles. The fourth-order valence-electron chi connectivity index (χ4n) is 1.54. The zero-order valence-corrected chi connectivity index (χ0v) is 11.7. The summed E-state index contributed by atoms with van der Waals surface area (Å²) in [4.78, 5) is 3.90. The summed E-state index contributed by atoms with van der Waals surface area (Å²) >= 11 is 5.68. The highest BCUT2D eigenvalue weighted by atomic mass is 35.5. The molecule has 0 spiro atoms. The van der Waals surface area contributed by atoms with Gasteiger partial charge in [-0.1, -0.05) is 17.7 Å². The Hall–Kier alpha value is -1.79. The van der Waals surface area contributed by atoms with Crippen molar-refractivity contribution in [2.75, 3.05) is 10.5 Å². The maximum absolute atomic E-state index is 12.2. The van der Waals surface area contributed by atoms with Crippen molar-refractivity contribution in [3.8, 4) is 0 Å². The topological polar surface area (TPSA) is 85.1 Å². The van der Waals surface area contributed by atoms with E-state index < -0.39 is 10.0 Å². The van der Waals surface area contributed by atoms with Crippen LogP contribution in [0.2, 0.25) is 5.02 Å². The number of hydrogen-bond acceptors (Lipinski definition) is 4. The number of benzene rings is 1. The summed E-state index contributed by atoms with van der Waals surface area (Å²) in [5, 5.41) is 0.429. The third kappa shape index (κ3) is 3.15. The van der Waals surface area contributed by atoms with Crippen molar-refractivity contribution in [2.45, 2.75) is 11.8 Å². The Kier molecular flexibility index (Phi) is 3.64. The van der Waals surface area contributed by atoms with E-state index in [0.29, 0.717) is 5.02 Å². The highest BCUT2D eigenvalue weighted by Crippen LogP contribution is 2.22. The lowest BCUT2D eigenvalue weighted by atomic mass is 10.2. The van der Waals surface area contributed by atoms with Crippen LogP contribution in [0.15, 0.2) is 41.4 Å². The van der Waals surface area contributed by atoms with E-state index in [1.54, 1.807) is 18.2 Å². The summed E-state index contributed by atoms with van der Waals surface area (Å²) in [6.45, 7) is 1.83. The van der Waals surface area contributed by atoms with Crippen molar-refractivity contribution < 1.29 is 8.42 Å². The molecule has 100 valence electrons. The van der Waals surface area contributed by atoms with E-state index in [4.69, 9.17) is 17.3 Å². The first-order valence-electron chi connectivity index (χ1n) is 5.39. The first-order chi connectivity index (χ1) is 8.88. The number of nitrogen functional groups attached to an aromatic ring is 1. The van der Waals surface area contributed by atoms with Crippen molar-refractivity contribution in [3.63, 3.8) is 0 Å². The van der Waals surface area contributed by atoms with E-state index in [0.717, 1.165) is 5.56 Å². The van der Waals surface area contributed by atoms with Gasteiger partial charge in [0.05, 0.1) is 10.7 Å². The summed E-state index contributed by atoms with van der Waals surface area (Å²) in [6.07, 6.45) is 1.36. The number of nitrogens with two attached hydrogens (primary N) is 1. The highest BCUT2D eigenvalue weighted by Gasteiger charge is 2.17. The maximum atomic E-state index is 12.2. The Morgan fingerprint density at radius 3 is 2.58 bits per heavy atom. The van der Waals surface area contributed by atoms with Gasteiger partial charge in [0.25, 0.3) is 10.0 Å². The zero-order chi connectivity index (χ0) is 14.0. The van der Waals surface area contributed by atoms with Gasteiger partial charge in [-0.2, -0.15) is 0 Å². The molecule has 0 saturated carbocycles. The molecule has 1 heterocycles. The number of halogens is 1. The van der Waals surface area contributed by atoms with Gasteiger partial charge < -0.3 is 5.73 Å². The smallest absolute Gasteiger partial charge is 0.265 e. The second-order valence-electron chi connectivity index (χ2n) is 4.01. The molecule has 0 saturated heterocycles. The Labute approximate surface area is 116 Å². The van der Waals surface area contributed by atoms with Crippen LogP contribution in [0.1, 0.15) is 5.56 Å². The zero-order valence-electron chi connectivity index (χ0n) is 10.1. The predicted molar refractivity (Wildman–Crippen MR) is 75.6 cm³/mol. The third-order valence-corrected chi connectivity index (χ3v) is 4.07. The Morgan fingerprint density at radius 2 is 2.00 bits per heavy atom. The first kappa shape index (κ1) is 13.6. The number of aromatic nitrogens is 1. The number of nitrogens with zero attached hydrogens (tertiary/aromatic N) is 1. The van der Waals surface area contributed by atoms with Crippen LogP contribution < -0.4 is 10.5 Å². The largest absolute Gasteiger partial charge is 0.398 e. The molecular formula is C12H12ClN3O2S. The van der Waals surface area contributed by atoms with Crippen LogP contribution in [0.3, 0.4) is 0 Å². The fourth-order valence-corrected chi connectivity index (χ4v) is 2.78. The van der Waals surface area contributed by atoms with Crippen LogP contribution >= 0.6 is 11.6 Å². The maximum Gasteiger partial charge on any atom is 0.265 e. The standard InChI is InChI=1S/C12H12ClN3O2S/c1-8-2-4-11(10(14)6-8)19(17,18)16-12-5-3-9(13)7-15-12/h2-7H,14H2,1H3,(H,15,16). The van der Waals surface area contributed by atoms with Gasteiger partial charge in [-0.15, -0.1) is 0 Å². The molecular weight excluding hydrogens is 286 g/mol. The van der Waals surface area contributed by atoms with Gasteiger partial charge in [-0.05, 0) is 36.8 Å². The van der Waals surface area contributed by atoms with Crippen LogP contribution in [0.4, 0.5) is 11.5 Å². The molecule has 7 heteroatoms. The quantitative estimate of drug-likeness (QED) is 0.852. The monoisotopic (exact) mass is 297 g/mol. The van der Waals surface area contributed by atoms with Gasteiger partial charge in [-0.3, -0.25) is 4.72 Å². The molecule has 0 bridgehead atoms. The molecule has 0 fully saturated rings. The SMILES string of the molecule is Cc1ccc(S(=O)(=O)Nc2ccc(Cl)cn2)c(N)c1. The molecule has 0 aliphatic rings. The van der Waals surface area contributed by atoms with Gasteiger partial charge in [0.15, 0.2) is 0 Å². The van der Waals surface area contributed by atoms with Crippen molar-refractivity contribution in [2.24, 2.45) is 0 Å². The molecule has 2 aromatic rings. The summed E-state index contributed by atoms with van der Waals surface area (Å²) < 4.78 is 26.7. The fraction of sp³-hybridized carbons (Fsp3) is 0.0833. The number of nitrogens with one attached hydrogen (secondary N) is 1.